The summed E-state index contributed by atoms with van der Waals surface area (Å²) in [7, 11) is 0. The first kappa shape index (κ1) is 15.3. The average molecular weight is 296 g/mol. The lowest BCUT2D eigenvalue weighted by Gasteiger charge is -2.24. The summed E-state index contributed by atoms with van der Waals surface area (Å²) in [6, 6.07) is 6.21. The van der Waals surface area contributed by atoms with Crippen molar-refractivity contribution in [2.45, 2.75) is 26.1 Å². The largest absolute Gasteiger partial charge is 0.321 e. The monoisotopic (exact) mass is 296 g/mol. The van der Waals surface area contributed by atoms with Gasteiger partial charge in [-0.25, -0.2) is 4.39 Å². The number of nitrogens with one attached hydrogen (secondary N) is 1. The molecule has 1 heterocycles. The lowest BCUT2D eigenvalue weighted by molar-refractivity contribution is -0.130. The summed E-state index contributed by atoms with van der Waals surface area (Å²) in [5, 5.41) is 3.38. The summed E-state index contributed by atoms with van der Waals surface area (Å²) in [6.07, 6.45) is 1.88. The topological polar surface area (TPSA) is 32.3 Å². The molecular weight excluding hydrogens is 275 g/mol. The number of hydrogen-bond donors (Lipinski definition) is 1. The Balaban J connectivity index is 2.23. The number of halogens is 1. The van der Waals surface area contributed by atoms with E-state index in [4.69, 9.17) is 0 Å². The third-order valence-electron chi connectivity index (χ3n) is 3.59. The summed E-state index contributed by atoms with van der Waals surface area (Å²) in [4.78, 5) is 14.4. The highest BCUT2D eigenvalue weighted by atomic mass is 32.2. The molecule has 110 valence electrons. The summed E-state index contributed by atoms with van der Waals surface area (Å²) < 4.78 is 13.1. The lowest BCUT2D eigenvalue weighted by atomic mass is 10.1. The van der Waals surface area contributed by atoms with Gasteiger partial charge in [-0.3, -0.25) is 10.1 Å². The number of rotatable bonds is 5. The maximum absolute atomic E-state index is 13.1. The maximum Gasteiger partial charge on any atom is 0.241 e. The third kappa shape index (κ3) is 3.15. The number of benzene rings is 1. The first-order valence-electron chi connectivity index (χ1n) is 6.85. The number of carbonyl (C=O) groups is 1. The summed E-state index contributed by atoms with van der Waals surface area (Å²) in [5.74, 6) is 1.03. The molecule has 20 heavy (non-hydrogen) atoms. The molecule has 2 unspecified atom stereocenters. The van der Waals surface area contributed by atoms with Gasteiger partial charge in [-0.05, 0) is 29.9 Å². The Kier molecular flexibility index (Phi) is 5.05. The van der Waals surface area contributed by atoms with Crippen molar-refractivity contribution in [2.75, 3.05) is 18.6 Å². The predicted molar refractivity (Wildman–Crippen MR) is 81.0 cm³/mol. The van der Waals surface area contributed by atoms with Crippen LogP contribution in [-0.4, -0.2) is 35.4 Å². The highest BCUT2D eigenvalue weighted by Crippen LogP contribution is 2.28. The van der Waals surface area contributed by atoms with Crippen molar-refractivity contribution in [3.63, 3.8) is 0 Å². The Hall–Kier alpha value is -1.07. The van der Waals surface area contributed by atoms with Gasteiger partial charge in [-0.2, -0.15) is 11.8 Å². The van der Waals surface area contributed by atoms with E-state index in [2.05, 4.69) is 5.32 Å². The van der Waals surface area contributed by atoms with Gasteiger partial charge in [0, 0.05) is 12.3 Å². The molecule has 3 nitrogen and oxygen atoms in total. The first-order valence-corrected chi connectivity index (χ1v) is 8.25. The van der Waals surface area contributed by atoms with Gasteiger partial charge < -0.3 is 4.90 Å². The molecule has 1 aliphatic rings. The molecule has 1 aromatic carbocycles. The highest BCUT2D eigenvalue weighted by molar-refractivity contribution is 7.98. The van der Waals surface area contributed by atoms with Crippen LogP contribution in [-0.2, 0) is 4.79 Å². The molecule has 0 bridgehead atoms. The fraction of sp³-hybridized carbons (Fsp3) is 0.533. The first-order chi connectivity index (χ1) is 9.54. The Bertz CT molecular complexity index is 463. The van der Waals surface area contributed by atoms with Crippen LogP contribution in [0.25, 0.3) is 0 Å². The van der Waals surface area contributed by atoms with Gasteiger partial charge in [0.05, 0.1) is 6.04 Å². The highest BCUT2D eigenvalue weighted by Gasteiger charge is 2.40. The van der Waals surface area contributed by atoms with E-state index in [0.717, 1.165) is 11.3 Å². The van der Waals surface area contributed by atoms with E-state index in [1.54, 1.807) is 23.9 Å². The van der Waals surface area contributed by atoms with Crippen LogP contribution >= 0.6 is 11.8 Å². The molecule has 2 rings (SSSR count). The van der Waals surface area contributed by atoms with Crippen LogP contribution in [0.3, 0.4) is 0 Å². The van der Waals surface area contributed by atoms with Crippen LogP contribution in [0.4, 0.5) is 4.39 Å². The predicted octanol–water partition coefficient (Wildman–Crippen LogP) is 2.64. The Morgan fingerprint density at radius 2 is 2.00 bits per heavy atom. The van der Waals surface area contributed by atoms with Gasteiger partial charge in [-0.15, -0.1) is 0 Å². The summed E-state index contributed by atoms with van der Waals surface area (Å²) in [6.45, 7) is 4.78. The van der Waals surface area contributed by atoms with Gasteiger partial charge >= 0.3 is 0 Å². The minimum absolute atomic E-state index is 0.142. The van der Waals surface area contributed by atoms with Crippen LogP contribution in [0, 0.1) is 11.7 Å². The molecule has 5 heteroatoms. The number of hydrogen-bond acceptors (Lipinski definition) is 3. The van der Waals surface area contributed by atoms with E-state index >= 15 is 0 Å². The van der Waals surface area contributed by atoms with E-state index in [1.165, 1.54) is 12.1 Å². The molecule has 1 aliphatic heterocycles. The van der Waals surface area contributed by atoms with Gasteiger partial charge in [0.2, 0.25) is 5.91 Å². The summed E-state index contributed by atoms with van der Waals surface area (Å²) in [5.41, 5.74) is 0.934. The summed E-state index contributed by atoms with van der Waals surface area (Å²) >= 11 is 1.72. The molecule has 0 aromatic heterocycles. The zero-order valence-corrected chi connectivity index (χ0v) is 12.9. The standard InChI is InChI=1S/C15H21FN2OS/c1-10(2)13-15(19)18(8-9-20-3)14(17-13)11-4-6-12(16)7-5-11/h4-7,10,13-14,17H,8-9H2,1-3H3. The number of amides is 1. The minimum Gasteiger partial charge on any atom is -0.321 e. The fourth-order valence-corrected chi connectivity index (χ4v) is 2.84. The molecule has 0 saturated carbocycles. The maximum atomic E-state index is 13.1. The van der Waals surface area contributed by atoms with Crippen molar-refractivity contribution in [1.82, 2.24) is 10.2 Å². The van der Waals surface area contributed by atoms with Crippen LogP contribution in [0.5, 0.6) is 0 Å². The molecule has 1 N–H and O–H groups in total. The Labute approximate surface area is 123 Å². The molecule has 1 amide bonds. The van der Waals surface area contributed by atoms with Crippen LogP contribution < -0.4 is 5.32 Å². The molecule has 1 saturated heterocycles. The SMILES string of the molecule is CSCCN1C(=O)C(C(C)C)NC1c1ccc(F)cc1. The van der Waals surface area contributed by atoms with Crippen molar-refractivity contribution in [1.29, 1.82) is 0 Å². The smallest absolute Gasteiger partial charge is 0.241 e. The van der Waals surface area contributed by atoms with E-state index < -0.39 is 0 Å². The van der Waals surface area contributed by atoms with Crippen LogP contribution in [0.2, 0.25) is 0 Å². The Morgan fingerprint density at radius 3 is 2.55 bits per heavy atom. The van der Waals surface area contributed by atoms with Gasteiger partial charge in [0.25, 0.3) is 0 Å². The van der Waals surface area contributed by atoms with Crippen molar-refractivity contribution >= 4 is 17.7 Å². The van der Waals surface area contributed by atoms with Crippen molar-refractivity contribution < 1.29 is 9.18 Å². The minimum atomic E-state index is -0.255. The van der Waals surface area contributed by atoms with Gasteiger partial charge in [0.15, 0.2) is 0 Å². The zero-order valence-electron chi connectivity index (χ0n) is 12.1. The average Bonchev–Trinajstić information content (AvgIpc) is 2.75. The molecular formula is C15H21FN2OS. The Morgan fingerprint density at radius 1 is 1.35 bits per heavy atom. The number of nitrogens with zero attached hydrogens (tertiary/aromatic N) is 1. The normalized spacial score (nSPS) is 22.9. The molecule has 0 spiro atoms. The van der Waals surface area contributed by atoms with E-state index in [1.807, 2.05) is 25.0 Å². The van der Waals surface area contributed by atoms with Crippen molar-refractivity contribution in [3.05, 3.63) is 35.6 Å². The van der Waals surface area contributed by atoms with Crippen LogP contribution in [0.1, 0.15) is 25.6 Å². The van der Waals surface area contributed by atoms with Crippen molar-refractivity contribution in [3.8, 4) is 0 Å². The van der Waals surface area contributed by atoms with E-state index in [0.29, 0.717) is 6.54 Å². The molecule has 0 radical (unpaired) electrons. The van der Waals surface area contributed by atoms with Crippen molar-refractivity contribution in [2.24, 2.45) is 5.92 Å². The van der Waals surface area contributed by atoms with Gasteiger partial charge in [0.1, 0.15) is 12.0 Å². The zero-order chi connectivity index (χ0) is 14.7. The number of carbonyl (C=O) groups excluding carboxylic acids is 1. The second kappa shape index (κ2) is 6.59. The molecule has 0 aliphatic carbocycles. The second-order valence-electron chi connectivity index (χ2n) is 5.37. The quantitative estimate of drug-likeness (QED) is 0.906. The van der Waals surface area contributed by atoms with E-state index in [-0.39, 0.29) is 29.8 Å². The van der Waals surface area contributed by atoms with Gasteiger partial charge in [-0.1, -0.05) is 26.0 Å². The fourth-order valence-electron chi connectivity index (χ4n) is 2.47. The second-order valence-corrected chi connectivity index (χ2v) is 6.35. The van der Waals surface area contributed by atoms with E-state index in [9.17, 15) is 9.18 Å². The number of thioether (sulfide) groups is 1. The van der Waals surface area contributed by atoms with Crippen LogP contribution in [0.15, 0.2) is 24.3 Å². The lowest BCUT2D eigenvalue weighted by Crippen LogP contribution is -2.35. The molecule has 2 atom stereocenters. The molecule has 1 aromatic rings. The third-order valence-corrected chi connectivity index (χ3v) is 4.18. The molecule has 1 fully saturated rings.